The third-order valence-corrected chi connectivity index (χ3v) is 2.78. The lowest BCUT2D eigenvalue weighted by atomic mass is 10.1. The van der Waals surface area contributed by atoms with E-state index < -0.39 is 4.92 Å². The summed E-state index contributed by atoms with van der Waals surface area (Å²) < 4.78 is 0. The number of hydrogen-bond donors (Lipinski definition) is 0. The van der Waals surface area contributed by atoms with Crippen molar-refractivity contribution in [3.8, 4) is 6.07 Å². The smallest absolute Gasteiger partial charge is 0.287 e. The molecule has 96 valence electrons. The molecule has 0 amide bonds. The molecule has 5 heteroatoms. The molecule has 0 saturated heterocycles. The summed E-state index contributed by atoms with van der Waals surface area (Å²) in [6, 6.07) is 6.51. The number of nitro groups is 1. The summed E-state index contributed by atoms with van der Waals surface area (Å²) in [7, 11) is 1.92. The van der Waals surface area contributed by atoms with Crippen molar-refractivity contribution < 1.29 is 4.92 Å². The van der Waals surface area contributed by atoms with Gasteiger partial charge in [0, 0.05) is 25.3 Å². The lowest BCUT2D eigenvalue weighted by molar-refractivity contribution is -0.385. The molecule has 0 aliphatic carbocycles. The summed E-state index contributed by atoms with van der Waals surface area (Å²) >= 11 is 0. The summed E-state index contributed by atoms with van der Waals surface area (Å²) in [5.41, 5.74) is 0.796. The second-order valence-corrected chi connectivity index (χ2v) is 4.67. The van der Waals surface area contributed by atoms with Gasteiger partial charge in [0.25, 0.3) is 5.69 Å². The molecule has 0 aromatic heterocycles. The molecule has 0 aliphatic heterocycles. The van der Waals surface area contributed by atoms with E-state index in [2.05, 4.69) is 13.8 Å². The van der Waals surface area contributed by atoms with E-state index in [1.165, 1.54) is 6.07 Å². The second-order valence-electron chi connectivity index (χ2n) is 4.67. The molecule has 0 bridgehead atoms. The number of nitro benzene ring substituents is 1. The van der Waals surface area contributed by atoms with Crippen molar-refractivity contribution in [1.82, 2.24) is 0 Å². The molecular weight excluding hydrogens is 230 g/mol. The molecule has 18 heavy (non-hydrogen) atoms. The van der Waals surface area contributed by atoms with Gasteiger partial charge in [0.1, 0.15) is 11.6 Å². The zero-order valence-corrected chi connectivity index (χ0v) is 10.9. The molecule has 0 N–H and O–H groups in total. The Morgan fingerprint density at radius 1 is 1.50 bits per heavy atom. The Labute approximate surface area is 107 Å². The number of benzene rings is 1. The van der Waals surface area contributed by atoms with E-state index in [4.69, 9.17) is 5.26 Å². The zero-order chi connectivity index (χ0) is 13.7. The van der Waals surface area contributed by atoms with Gasteiger partial charge >= 0.3 is 0 Å². The lowest BCUT2D eigenvalue weighted by Gasteiger charge is -2.20. The summed E-state index contributed by atoms with van der Waals surface area (Å²) in [4.78, 5) is 12.2. The molecule has 0 atom stereocenters. The topological polar surface area (TPSA) is 70.2 Å². The van der Waals surface area contributed by atoms with E-state index in [1.807, 2.05) is 18.0 Å². The number of rotatable bonds is 5. The first kappa shape index (κ1) is 14.0. The maximum Gasteiger partial charge on any atom is 0.287 e. The number of nitrogens with zero attached hydrogens (tertiary/aromatic N) is 3. The van der Waals surface area contributed by atoms with Crippen molar-refractivity contribution in [2.75, 3.05) is 18.5 Å². The predicted molar refractivity (Wildman–Crippen MR) is 70.5 cm³/mol. The molecule has 5 nitrogen and oxygen atoms in total. The van der Waals surface area contributed by atoms with Crippen molar-refractivity contribution in [1.29, 1.82) is 5.26 Å². The minimum absolute atomic E-state index is 0.105. The Morgan fingerprint density at radius 2 is 2.17 bits per heavy atom. The van der Waals surface area contributed by atoms with Crippen LogP contribution in [0.15, 0.2) is 18.2 Å². The highest BCUT2D eigenvalue weighted by atomic mass is 16.6. The van der Waals surface area contributed by atoms with Crippen LogP contribution in [0.2, 0.25) is 0 Å². The molecule has 0 heterocycles. The Hall–Kier alpha value is -2.09. The van der Waals surface area contributed by atoms with Gasteiger partial charge in [0.2, 0.25) is 0 Å². The largest absolute Gasteiger partial charge is 0.375 e. The van der Waals surface area contributed by atoms with E-state index in [0.29, 0.717) is 5.92 Å². The monoisotopic (exact) mass is 247 g/mol. The molecule has 1 rings (SSSR count). The van der Waals surface area contributed by atoms with E-state index in [9.17, 15) is 10.1 Å². The quantitative estimate of drug-likeness (QED) is 0.592. The van der Waals surface area contributed by atoms with Gasteiger partial charge in [-0.15, -0.1) is 0 Å². The lowest BCUT2D eigenvalue weighted by Crippen LogP contribution is -2.19. The number of hydrogen-bond acceptors (Lipinski definition) is 4. The van der Waals surface area contributed by atoms with E-state index in [1.54, 1.807) is 12.1 Å². The SMILES string of the molecule is CC(C)CCN(C)c1ccc([N+](=O)[O-])c(C#N)c1. The minimum Gasteiger partial charge on any atom is -0.375 e. The van der Waals surface area contributed by atoms with Crippen LogP contribution in [-0.4, -0.2) is 18.5 Å². The normalized spacial score (nSPS) is 10.2. The fourth-order valence-electron chi connectivity index (χ4n) is 1.59. The van der Waals surface area contributed by atoms with Gasteiger partial charge in [0.05, 0.1) is 4.92 Å². The molecule has 0 aliphatic rings. The first-order valence-electron chi connectivity index (χ1n) is 5.85. The third-order valence-electron chi connectivity index (χ3n) is 2.78. The number of nitriles is 1. The second kappa shape index (κ2) is 6.01. The van der Waals surface area contributed by atoms with Gasteiger partial charge in [-0.3, -0.25) is 10.1 Å². The van der Waals surface area contributed by atoms with Gasteiger partial charge in [0.15, 0.2) is 0 Å². The van der Waals surface area contributed by atoms with Crippen LogP contribution in [0.25, 0.3) is 0 Å². The Bertz CT molecular complexity index is 478. The molecule has 1 aromatic rings. The standard InChI is InChI=1S/C13H17N3O2/c1-10(2)6-7-15(3)12-4-5-13(16(17)18)11(8-12)9-14/h4-5,8,10H,6-7H2,1-3H3. The fourth-order valence-corrected chi connectivity index (χ4v) is 1.59. The van der Waals surface area contributed by atoms with Gasteiger partial charge < -0.3 is 4.90 Å². The maximum absolute atomic E-state index is 10.7. The Balaban J connectivity index is 2.92. The maximum atomic E-state index is 10.7. The van der Waals surface area contributed by atoms with Crippen molar-refractivity contribution >= 4 is 11.4 Å². The van der Waals surface area contributed by atoms with Crippen LogP contribution >= 0.6 is 0 Å². The van der Waals surface area contributed by atoms with Crippen LogP contribution in [0.4, 0.5) is 11.4 Å². The average Bonchev–Trinajstić information content (AvgIpc) is 2.34. The Morgan fingerprint density at radius 3 is 2.67 bits per heavy atom. The molecule has 0 spiro atoms. The minimum atomic E-state index is -0.531. The highest BCUT2D eigenvalue weighted by molar-refractivity contribution is 5.59. The van der Waals surface area contributed by atoms with Crippen molar-refractivity contribution in [2.24, 2.45) is 5.92 Å². The van der Waals surface area contributed by atoms with Crippen molar-refractivity contribution in [3.63, 3.8) is 0 Å². The summed E-state index contributed by atoms with van der Waals surface area (Å²) in [6.45, 7) is 5.15. The molecule has 0 fully saturated rings. The first-order chi connectivity index (χ1) is 8.45. The number of anilines is 1. The summed E-state index contributed by atoms with van der Waals surface area (Å²) in [5.74, 6) is 0.598. The van der Waals surface area contributed by atoms with Gasteiger partial charge in [-0.2, -0.15) is 5.26 Å². The highest BCUT2D eigenvalue weighted by Gasteiger charge is 2.15. The summed E-state index contributed by atoms with van der Waals surface area (Å²) in [6.07, 6.45) is 1.04. The van der Waals surface area contributed by atoms with Crippen LogP contribution < -0.4 is 4.90 Å². The van der Waals surface area contributed by atoms with Crippen molar-refractivity contribution in [2.45, 2.75) is 20.3 Å². The van der Waals surface area contributed by atoms with Crippen LogP contribution in [-0.2, 0) is 0 Å². The van der Waals surface area contributed by atoms with E-state index >= 15 is 0 Å². The molecular formula is C13H17N3O2. The van der Waals surface area contributed by atoms with Crippen molar-refractivity contribution in [3.05, 3.63) is 33.9 Å². The van der Waals surface area contributed by atoms with Crippen LogP contribution in [0, 0.1) is 27.4 Å². The van der Waals surface area contributed by atoms with Gasteiger partial charge in [-0.1, -0.05) is 13.8 Å². The van der Waals surface area contributed by atoms with Crippen LogP contribution in [0.3, 0.4) is 0 Å². The fraction of sp³-hybridized carbons (Fsp3) is 0.462. The zero-order valence-electron chi connectivity index (χ0n) is 10.9. The van der Waals surface area contributed by atoms with Crippen LogP contribution in [0.5, 0.6) is 0 Å². The average molecular weight is 247 g/mol. The summed E-state index contributed by atoms with van der Waals surface area (Å²) in [5, 5.41) is 19.6. The first-order valence-corrected chi connectivity index (χ1v) is 5.85. The molecule has 0 unspecified atom stereocenters. The predicted octanol–water partition coefficient (Wildman–Crippen LogP) is 2.95. The molecule has 1 aromatic carbocycles. The molecule has 0 saturated carbocycles. The van der Waals surface area contributed by atoms with E-state index in [0.717, 1.165) is 18.7 Å². The third kappa shape index (κ3) is 3.45. The highest BCUT2D eigenvalue weighted by Crippen LogP contribution is 2.24. The van der Waals surface area contributed by atoms with Gasteiger partial charge in [-0.25, -0.2) is 0 Å². The van der Waals surface area contributed by atoms with E-state index in [-0.39, 0.29) is 11.3 Å². The molecule has 0 radical (unpaired) electrons. The Kier molecular flexibility index (Phi) is 4.67. The van der Waals surface area contributed by atoms with Crippen LogP contribution in [0.1, 0.15) is 25.8 Å². The van der Waals surface area contributed by atoms with Gasteiger partial charge in [-0.05, 0) is 24.5 Å².